The van der Waals surface area contributed by atoms with Gasteiger partial charge in [-0.25, -0.2) is 9.59 Å². The van der Waals surface area contributed by atoms with E-state index in [1.165, 1.54) is 0 Å². The molecule has 1 unspecified atom stereocenters. The van der Waals surface area contributed by atoms with Crippen molar-refractivity contribution in [3.63, 3.8) is 0 Å². The molecule has 0 fully saturated rings. The van der Waals surface area contributed by atoms with Crippen LogP contribution in [0.4, 0.5) is 4.79 Å². The second-order valence-corrected chi connectivity index (χ2v) is 3.91. The van der Waals surface area contributed by atoms with Crippen LogP contribution in [0.1, 0.15) is 12.0 Å². The summed E-state index contributed by atoms with van der Waals surface area (Å²) in [7, 11) is 0. The Labute approximate surface area is 110 Å². The second-order valence-electron chi connectivity index (χ2n) is 3.91. The van der Waals surface area contributed by atoms with Gasteiger partial charge in [0, 0.05) is 32.0 Å². The van der Waals surface area contributed by atoms with E-state index in [0.29, 0.717) is 13.0 Å². The van der Waals surface area contributed by atoms with E-state index in [0.717, 1.165) is 5.56 Å². The van der Waals surface area contributed by atoms with Crippen LogP contribution in [-0.2, 0) is 11.2 Å². The minimum absolute atomic E-state index is 0.0225. The third kappa shape index (κ3) is 5.82. The summed E-state index contributed by atoms with van der Waals surface area (Å²) in [6, 6.07) is 2.04. The highest BCUT2D eigenvalue weighted by molar-refractivity contribution is 5.82. The first kappa shape index (κ1) is 14.9. The number of urea groups is 1. The molecule has 0 aliphatic heterocycles. The highest BCUT2D eigenvalue weighted by atomic mass is 16.4. The molecule has 1 atom stereocenters. The van der Waals surface area contributed by atoms with Crippen molar-refractivity contribution in [1.29, 1.82) is 0 Å². The lowest BCUT2D eigenvalue weighted by molar-refractivity contribution is -0.139. The summed E-state index contributed by atoms with van der Waals surface area (Å²) >= 11 is 0. The maximum absolute atomic E-state index is 11.4. The summed E-state index contributed by atoms with van der Waals surface area (Å²) < 4.78 is 0. The van der Waals surface area contributed by atoms with Crippen LogP contribution in [-0.4, -0.2) is 46.4 Å². The summed E-state index contributed by atoms with van der Waals surface area (Å²) in [4.78, 5) is 26.1. The lowest BCUT2D eigenvalue weighted by atomic mass is 10.2. The first-order valence-corrected chi connectivity index (χ1v) is 5.90. The topological polar surface area (TPSA) is 112 Å². The van der Waals surface area contributed by atoms with E-state index in [2.05, 4.69) is 15.6 Å². The smallest absolute Gasteiger partial charge is 0.326 e. The van der Waals surface area contributed by atoms with Crippen LogP contribution in [0.5, 0.6) is 0 Å². The number of aromatic nitrogens is 1. The van der Waals surface area contributed by atoms with Crippen molar-refractivity contribution in [2.24, 2.45) is 0 Å². The van der Waals surface area contributed by atoms with E-state index < -0.39 is 18.0 Å². The number of amides is 2. The minimum atomic E-state index is -1.17. The molecule has 19 heavy (non-hydrogen) atoms. The Hall–Kier alpha value is -2.15. The Morgan fingerprint density at radius 3 is 2.79 bits per heavy atom. The molecular formula is C12H17N3O4. The zero-order valence-corrected chi connectivity index (χ0v) is 10.4. The third-order valence-electron chi connectivity index (χ3n) is 2.44. The monoisotopic (exact) mass is 267 g/mol. The van der Waals surface area contributed by atoms with Gasteiger partial charge in [-0.3, -0.25) is 4.98 Å². The molecular weight excluding hydrogens is 250 g/mol. The SMILES string of the molecule is O=C(NCCc1cccnc1)NC(CCO)C(=O)O. The number of carbonyl (C=O) groups excluding carboxylic acids is 1. The van der Waals surface area contributed by atoms with Gasteiger partial charge in [-0.2, -0.15) is 0 Å². The molecule has 0 aromatic carbocycles. The van der Waals surface area contributed by atoms with Gasteiger partial charge in [0.2, 0.25) is 0 Å². The lowest BCUT2D eigenvalue weighted by Gasteiger charge is -2.13. The maximum atomic E-state index is 11.4. The quantitative estimate of drug-likeness (QED) is 0.544. The molecule has 0 bridgehead atoms. The average molecular weight is 267 g/mol. The highest BCUT2D eigenvalue weighted by Crippen LogP contribution is 1.95. The van der Waals surface area contributed by atoms with Gasteiger partial charge in [0.1, 0.15) is 6.04 Å². The lowest BCUT2D eigenvalue weighted by Crippen LogP contribution is -2.46. The molecule has 1 aromatic rings. The number of nitrogens with one attached hydrogen (secondary N) is 2. The van der Waals surface area contributed by atoms with Crippen molar-refractivity contribution >= 4 is 12.0 Å². The number of hydrogen-bond donors (Lipinski definition) is 4. The molecule has 2 amide bonds. The van der Waals surface area contributed by atoms with Crippen molar-refractivity contribution in [3.8, 4) is 0 Å². The number of carbonyl (C=O) groups is 2. The van der Waals surface area contributed by atoms with Crippen LogP contribution in [0.25, 0.3) is 0 Å². The molecule has 0 aliphatic rings. The largest absolute Gasteiger partial charge is 0.480 e. The number of aliphatic hydroxyl groups is 1. The van der Waals surface area contributed by atoms with E-state index in [1.54, 1.807) is 18.5 Å². The van der Waals surface area contributed by atoms with Gasteiger partial charge in [0.25, 0.3) is 0 Å². The summed E-state index contributed by atoms with van der Waals surface area (Å²) in [5.74, 6) is -1.17. The number of aliphatic carboxylic acids is 1. The van der Waals surface area contributed by atoms with Crippen LogP contribution in [0, 0.1) is 0 Å². The Bertz CT molecular complexity index is 411. The molecule has 0 aliphatic carbocycles. The molecule has 7 heteroatoms. The van der Waals surface area contributed by atoms with Crippen molar-refractivity contribution in [2.75, 3.05) is 13.2 Å². The van der Waals surface area contributed by atoms with Gasteiger partial charge in [-0.1, -0.05) is 6.07 Å². The molecule has 0 radical (unpaired) electrons. The highest BCUT2D eigenvalue weighted by Gasteiger charge is 2.18. The maximum Gasteiger partial charge on any atom is 0.326 e. The number of carboxylic acids is 1. The number of hydrogen-bond acceptors (Lipinski definition) is 4. The zero-order valence-electron chi connectivity index (χ0n) is 10.4. The van der Waals surface area contributed by atoms with E-state index in [1.807, 2.05) is 6.07 Å². The second kappa shape index (κ2) is 8.04. The predicted molar refractivity (Wildman–Crippen MR) is 67.6 cm³/mol. The van der Waals surface area contributed by atoms with Crippen LogP contribution in [0.3, 0.4) is 0 Å². The number of aliphatic hydroxyl groups excluding tert-OH is 1. The van der Waals surface area contributed by atoms with Crippen LogP contribution < -0.4 is 10.6 Å². The first-order valence-electron chi connectivity index (χ1n) is 5.90. The Kier molecular flexibility index (Phi) is 6.31. The van der Waals surface area contributed by atoms with E-state index in [-0.39, 0.29) is 13.0 Å². The molecule has 0 saturated heterocycles. The fourth-order valence-electron chi connectivity index (χ4n) is 1.46. The number of pyridine rings is 1. The van der Waals surface area contributed by atoms with Crippen molar-refractivity contribution < 1.29 is 19.8 Å². The summed E-state index contributed by atoms with van der Waals surface area (Å²) in [6.07, 6.45) is 3.95. The van der Waals surface area contributed by atoms with Gasteiger partial charge in [0.05, 0.1) is 0 Å². The summed E-state index contributed by atoms with van der Waals surface area (Å²) in [5.41, 5.74) is 0.980. The first-order chi connectivity index (χ1) is 9.13. The molecule has 7 nitrogen and oxygen atoms in total. The van der Waals surface area contributed by atoms with E-state index >= 15 is 0 Å². The average Bonchev–Trinajstić information content (AvgIpc) is 2.39. The number of rotatable bonds is 7. The molecule has 0 saturated carbocycles. The Morgan fingerprint density at radius 2 is 2.21 bits per heavy atom. The minimum Gasteiger partial charge on any atom is -0.480 e. The van der Waals surface area contributed by atoms with Gasteiger partial charge < -0.3 is 20.8 Å². The zero-order chi connectivity index (χ0) is 14.1. The van der Waals surface area contributed by atoms with E-state index in [9.17, 15) is 9.59 Å². The molecule has 4 N–H and O–H groups in total. The van der Waals surface area contributed by atoms with Gasteiger partial charge in [0.15, 0.2) is 0 Å². The number of nitrogens with zero attached hydrogens (tertiary/aromatic N) is 1. The normalized spacial score (nSPS) is 11.6. The van der Waals surface area contributed by atoms with Gasteiger partial charge >= 0.3 is 12.0 Å². The fraction of sp³-hybridized carbons (Fsp3) is 0.417. The van der Waals surface area contributed by atoms with Crippen molar-refractivity contribution in [1.82, 2.24) is 15.6 Å². The molecule has 1 heterocycles. The Balaban J connectivity index is 2.29. The fourth-order valence-corrected chi connectivity index (χ4v) is 1.46. The molecule has 1 rings (SSSR count). The molecule has 0 spiro atoms. The van der Waals surface area contributed by atoms with Gasteiger partial charge in [-0.15, -0.1) is 0 Å². The number of carboxylic acid groups (broad SMARTS) is 1. The predicted octanol–water partition coefficient (Wildman–Crippen LogP) is -0.241. The summed E-state index contributed by atoms with van der Waals surface area (Å²) in [5, 5.41) is 22.3. The standard InChI is InChI=1S/C12H17N3O4/c16-7-4-10(11(17)18)15-12(19)14-6-3-9-2-1-5-13-8-9/h1-2,5,8,10,16H,3-4,6-7H2,(H,17,18)(H2,14,15,19). The van der Waals surface area contributed by atoms with Crippen LogP contribution in [0.15, 0.2) is 24.5 Å². The van der Waals surface area contributed by atoms with Crippen LogP contribution >= 0.6 is 0 Å². The van der Waals surface area contributed by atoms with Gasteiger partial charge in [-0.05, 0) is 18.1 Å². The summed E-state index contributed by atoms with van der Waals surface area (Å²) in [6.45, 7) is 0.0793. The molecule has 1 aromatic heterocycles. The van der Waals surface area contributed by atoms with Crippen molar-refractivity contribution in [3.05, 3.63) is 30.1 Å². The molecule has 104 valence electrons. The third-order valence-corrected chi connectivity index (χ3v) is 2.44. The Morgan fingerprint density at radius 1 is 1.42 bits per heavy atom. The van der Waals surface area contributed by atoms with E-state index in [4.69, 9.17) is 10.2 Å². The van der Waals surface area contributed by atoms with Crippen LogP contribution in [0.2, 0.25) is 0 Å². The van der Waals surface area contributed by atoms with Crippen molar-refractivity contribution in [2.45, 2.75) is 18.9 Å².